The highest BCUT2D eigenvalue weighted by Crippen LogP contribution is 1.96. The van der Waals surface area contributed by atoms with Crippen molar-refractivity contribution >= 4 is 11.7 Å². The Balaban J connectivity index is 3.40. The lowest BCUT2D eigenvalue weighted by molar-refractivity contribution is -0.117. The predicted molar refractivity (Wildman–Crippen MR) is 57.0 cm³/mol. The van der Waals surface area contributed by atoms with E-state index in [2.05, 4.69) is 12.2 Å². The number of amides is 1. The predicted octanol–water partition coefficient (Wildman–Crippen LogP) is 1.83. The van der Waals surface area contributed by atoms with Gasteiger partial charge in [0.1, 0.15) is 0 Å². The molecule has 0 aliphatic rings. The van der Waals surface area contributed by atoms with Gasteiger partial charge in [-0.15, -0.1) is 0 Å². The molecule has 1 amide bonds. The summed E-state index contributed by atoms with van der Waals surface area (Å²) in [5.41, 5.74) is 0. The minimum atomic E-state index is -0.184. The molecule has 0 atom stereocenters. The quantitative estimate of drug-likeness (QED) is 0.500. The summed E-state index contributed by atoms with van der Waals surface area (Å²) in [6, 6.07) is 0. The number of hydrogen-bond acceptors (Lipinski definition) is 2. The van der Waals surface area contributed by atoms with Crippen molar-refractivity contribution in [2.75, 3.05) is 6.54 Å². The Hall–Kier alpha value is -1.12. The molecule has 0 spiro atoms. The fourth-order valence-electron chi connectivity index (χ4n) is 1.02. The van der Waals surface area contributed by atoms with Gasteiger partial charge < -0.3 is 5.32 Å². The summed E-state index contributed by atoms with van der Waals surface area (Å²) in [6.07, 6.45) is 7.11. The standard InChI is InChI=1S/C11H19NO2/c1-3-4-5-6-9-12-11(14)8-7-10(2)13/h7-8H,3-6,9H2,1-2H3,(H,12,14)/b8-7+. The summed E-state index contributed by atoms with van der Waals surface area (Å²) < 4.78 is 0. The molecule has 0 aromatic carbocycles. The van der Waals surface area contributed by atoms with Crippen LogP contribution in [0.3, 0.4) is 0 Å². The smallest absolute Gasteiger partial charge is 0.244 e. The summed E-state index contributed by atoms with van der Waals surface area (Å²) >= 11 is 0. The molecule has 0 aliphatic heterocycles. The van der Waals surface area contributed by atoms with Gasteiger partial charge in [0.25, 0.3) is 0 Å². The average Bonchev–Trinajstić information content (AvgIpc) is 2.14. The van der Waals surface area contributed by atoms with E-state index in [-0.39, 0.29) is 11.7 Å². The van der Waals surface area contributed by atoms with Crippen LogP contribution in [0.2, 0.25) is 0 Å². The van der Waals surface area contributed by atoms with E-state index in [0.717, 1.165) is 12.8 Å². The molecule has 0 unspecified atom stereocenters. The van der Waals surface area contributed by atoms with Crippen molar-refractivity contribution in [3.05, 3.63) is 12.2 Å². The van der Waals surface area contributed by atoms with Crippen molar-refractivity contribution in [3.8, 4) is 0 Å². The maximum atomic E-state index is 11.0. The third-order valence-electron chi connectivity index (χ3n) is 1.80. The van der Waals surface area contributed by atoms with E-state index in [0.29, 0.717) is 6.54 Å². The number of rotatable bonds is 7. The van der Waals surface area contributed by atoms with E-state index in [1.165, 1.54) is 31.9 Å². The van der Waals surface area contributed by atoms with Crippen LogP contribution in [0.4, 0.5) is 0 Å². The number of hydrogen-bond donors (Lipinski definition) is 1. The second-order valence-corrected chi connectivity index (χ2v) is 3.30. The van der Waals surface area contributed by atoms with Gasteiger partial charge in [0.15, 0.2) is 5.78 Å². The lowest BCUT2D eigenvalue weighted by Crippen LogP contribution is -2.22. The molecule has 0 saturated heterocycles. The molecular weight excluding hydrogens is 178 g/mol. The normalized spacial score (nSPS) is 10.4. The number of carbonyl (C=O) groups excluding carboxylic acids is 2. The first-order valence-corrected chi connectivity index (χ1v) is 5.13. The minimum absolute atomic E-state index is 0.105. The zero-order valence-corrected chi connectivity index (χ0v) is 9.01. The Morgan fingerprint density at radius 2 is 1.86 bits per heavy atom. The number of ketones is 1. The Morgan fingerprint density at radius 3 is 2.43 bits per heavy atom. The Kier molecular flexibility index (Phi) is 7.80. The minimum Gasteiger partial charge on any atom is -0.353 e. The topological polar surface area (TPSA) is 46.2 Å². The van der Waals surface area contributed by atoms with Gasteiger partial charge in [-0.3, -0.25) is 9.59 Å². The molecule has 80 valence electrons. The molecule has 0 radical (unpaired) electrons. The van der Waals surface area contributed by atoms with Gasteiger partial charge in [0, 0.05) is 12.6 Å². The van der Waals surface area contributed by atoms with Crippen molar-refractivity contribution in [2.45, 2.75) is 39.5 Å². The Morgan fingerprint density at radius 1 is 1.14 bits per heavy atom. The lowest BCUT2D eigenvalue weighted by atomic mass is 10.2. The number of unbranched alkanes of at least 4 members (excludes halogenated alkanes) is 3. The Bertz CT molecular complexity index is 209. The first kappa shape index (κ1) is 12.9. The summed E-state index contributed by atoms with van der Waals surface area (Å²) in [5, 5.41) is 2.72. The van der Waals surface area contributed by atoms with Crippen molar-refractivity contribution in [1.82, 2.24) is 5.32 Å². The van der Waals surface area contributed by atoms with Gasteiger partial charge >= 0.3 is 0 Å². The van der Waals surface area contributed by atoms with E-state index in [9.17, 15) is 9.59 Å². The molecule has 0 heterocycles. The molecule has 3 heteroatoms. The molecule has 1 N–H and O–H groups in total. The second-order valence-electron chi connectivity index (χ2n) is 3.30. The van der Waals surface area contributed by atoms with Gasteiger partial charge in [-0.1, -0.05) is 26.2 Å². The van der Waals surface area contributed by atoms with Crippen LogP contribution in [0.5, 0.6) is 0 Å². The van der Waals surface area contributed by atoms with E-state index in [1.807, 2.05) is 0 Å². The SMILES string of the molecule is CCCCCCNC(=O)/C=C/C(C)=O. The number of allylic oxidation sites excluding steroid dienone is 1. The molecule has 14 heavy (non-hydrogen) atoms. The molecule has 0 aliphatic carbocycles. The van der Waals surface area contributed by atoms with Crippen LogP contribution in [0.15, 0.2) is 12.2 Å². The van der Waals surface area contributed by atoms with Crippen LogP contribution in [0.25, 0.3) is 0 Å². The molecule has 0 saturated carbocycles. The summed E-state index contributed by atoms with van der Waals surface area (Å²) in [7, 11) is 0. The molecule has 0 bridgehead atoms. The van der Waals surface area contributed by atoms with Gasteiger partial charge in [0.2, 0.25) is 5.91 Å². The Labute approximate surface area is 85.6 Å². The maximum Gasteiger partial charge on any atom is 0.244 e. The van der Waals surface area contributed by atoms with Crippen LogP contribution < -0.4 is 5.32 Å². The fourth-order valence-corrected chi connectivity index (χ4v) is 1.02. The average molecular weight is 197 g/mol. The zero-order valence-electron chi connectivity index (χ0n) is 9.01. The maximum absolute atomic E-state index is 11.0. The van der Waals surface area contributed by atoms with Crippen molar-refractivity contribution in [1.29, 1.82) is 0 Å². The first-order chi connectivity index (χ1) is 6.66. The van der Waals surface area contributed by atoms with Gasteiger partial charge in [-0.05, 0) is 19.4 Å². The molecule has 0 aromatic rings. The van der Waals surface area contributed by atoms with Crippen LogP contribution in [0.1, 0.15) is 39.5 Å². The zero-order chi connectivity index (χ0) is 10.8. The van der Waals surface area contributed by atoms with Gasteiger partial charge in [-0.25, -0.2) is 0 Å². The third-order valence-corrected chi connectivity index (χ3v) is 1.80. The lowest BCUT2D eigenvalue weighted by Gasteiger charge is -2.00. The van der Waals surface area contributed by atoms with Crippen LogP contribution in [-0.2, 0) is 9.59 Å². The van der Waals surface area contributed by atoms with E-state index in [1.54, 1.807) is 0 Å². The molecule has 0 fully saturated rings. The van der Waals surface area contributed by atoms with Crippen LogP contribution in [-0.4, -0.2) is 18.2 Å². The highest BCUT2D eigenvalue weighted by atomic mass is 16.1. The van der Waals surface area contributed by atoms with Crippen molar-refractivity contribution in [3.63, 3.8) is 0 Å². The van der Waals surface area contributed by atoms with E-state index >= 15 is 0 Å². The van der Waals surface area contributed by atoms with Crippen molar-refractivity contribution in [2.24, 2.45) is 0 Å². The first-order valence-electron chi connectivity index (χ1n) is 5.13. The van der Waals surface area contributed by atoms with Crippen molar-refractivity contribution < 1.29 is 9.59 Å². The monoisotopic (exact) mass is 197 g/mol. The molecule has 0 rings (SSSR count). The summed E-state index contributed by atoms with van der Waals surface area (Å²) in [5.74, 6) is -0.289. The largest absolute Gasteiger partial charge is 0.353 e. The van der Waals surface area contributed by atoms with Crippen LogP contribution in [0, 0.1) is 0 Å². The molecule has 0 aromatic heterocycles. The van der Waals surface area contributed by atoms with E-state index in [4.69, 9.17) is 0 Å². The summed E-state index contributed by atoms with van der Waals surface area (Å²) in [4.78, 5) is 21.5. The summed E-state index contributed by atoms with van der Waals surface area (Å²) in [6.45, 7) is 4.26. The van der Waals surface area contributed by atoms with E-state index < -0.39 is 0 Å². The van der Waals surface area contributed by atoms with Crippen LogP contribution >= 0.6 is 0 Å². The highest BCUT2D eigenvalue weighted by molar-refractivity contribution is 5.96. The number of nitrogens with one attached hydrogen (secondary N) is 1. The fraction of sp³-hybridized carbons (Fsp3) is 0.636. The third kappa shape index (κ3) is 8.97. The molecular formula is C11H19NO2. The van der Waals surface area contributed by atoms with Gasteiger partial charge in [0.05, 0.1) is 0 Å². The van der Waals surface area contributed by atoms with Gasteiger partial charge in [-0.2, -0.15) is 0 Å². The number of carbonyl (C=O) groups is 2. The molecule has 3 nitrogen and oxygen atoms in total. The highest BCUT2D eigenvalue weighted by Gasteiger charge is 1.94. The second kappa shape index (κ2) is 8.48.